The molecule has 25 heavy (non-hydrogen) atoms. The van der Waals surface area contributed by atoms with Crippen molar-refractivity contribution >= 4 is 21.6 Å². The first kappa shape index (κ1) is 18.4. The number of amides is 1. The predicted octanol–water partition coefficient (Wildman–Crippen LogP) is 1.97. The Morgan fingerprint density at radius 2 is 2.00 bits per heavy atom. The van der Waals surface area contributed by atoms with Gasteiger partial charge in [-0.05, 0) is 68.5 Å². The summed E-state index contributed by atoms with van der Waals surface area (Å²) in [5.74, 6) is 0.547. The first-order chi connectivity index (χ1) is 12.0. The summed E-state index contributed by atoms with van der Waals surface area (Å²) >= 11 is 0. The first-order valence-corrected chi connectivity index (χ1v) is 10.6. The Kier molecular flexibility index (Phi) is 5.76. The smallest absolute Gasteiger partial charge is 0.243 e. The van der Waals surface area contributed by atoms with Gasteiger partial charge in [-0.1, -0.05) is 6.92 Å². The highest BCUT2D eigenvalue weighted by Gasteiger charge is 2.30. The van der Waals surface area contributed by atoms with Gasteiger partial charge in [-0.25, -0.2) is 8.42 Å². The van der Waals surface area contributed by atoms with E-state index in [1.165, 1.54) is 0 Å². The summed E-state index contributed by atoms with van der Waals surface area (Å²) in [7, 11) is -3.46. The van der Waals surface area contributed by atoms with Crippen LogP contribution in [0, 0.1) is 5.92 Å². The maximum atomic E-state index is 13.0. The van der Waals surface area contributed by atoms with Crippen molar-refractivity contribution < 1.29 is 13.2 Å². The number of carbonyl (C=O) groups is 1. The highest BCUT2D eigenvalue weighted by Crippen LogP contribution is 2.28. The lowest BCUT2D eigenvalue weighted by molar-refractivity contribution is -0.116. The molecule has 6 nitrogen and oxygen atoms in total. The normalized spacial score (nSPS) is 20.0. The number of nitrogens with zero attached hydrogens (tertiary/aromatic N) is 1. The Labute approximate surface area is 150 Å². The van der Waals surface area contributed by atoms with Crippen molar-refractivity contribution in [3.05, 3.63) is 23.8 Å². The third-order valence-corrected chi connectivity index (χ3v) is 6.99. The van der Waals surface area contributed by atoms with Crippen LogP contribution in [0.2, 0.25) is 0 Å². The molecule has 1 saturated heterocycles. The maximum absolute atomic E-state index is 13.0. The summed E-state index contributed by atoms with van der Waals surface area (Å²) in [5.41, 5.74) is 1.65. The van der Waals surface area contributed by atoms with Gasteiger partial charge in [-0.15, -0.1) is 0 Å². The number of fused-ring (bicyclic) bond motifs is 1. The number of benzene rings is 1. The van der Waals surface area contributed by atoms with Crippen LogP contribution < -0.4 is 10.6 Å². The molecular formula is C18H27N3O3S. The molecule has 0 atom stereocenters. The fourth-order valence-corrected chi connectivity index (χ4v) is 5.08. The third kappa shape index (κ3) is 4.22. The Balaban J connectivity index is 1.73. The van der Waals surface area contributed by atoms with Crippen LogP contribution in [-0.4, -0.2) is 44.8 Å². The van der Waals surface area contributed by atoms with Crippen LogP contribution >= 0.6 is 0 Å². The van der Waals surface area contributed by atoms with E-state index in [2.05, 4.69) is 17.6 Å². The average molecular weight is 365 g/mol. The predicted molar refractivity (Wildman–Crippen MR) is 98.0 cm³/mol. The molecule has 1 aromatic rings. The van der Waals surface area contributed by atoms with Gasteiger partial charge in [0.05, 0.1) is 4.90 Å². The van der Waals surface area contributed by atoms with Gasteiger partial charge in [-0.2, -0.15) is 4.31 Å². The Morgan fingerprint density at radius 1 is 1.24 bits per heavy atom. The molecule has 2 aliphatic rings. The standard InChI is InChI=1S/C18H27N3O3S/c1-2-19-13-14-8-10-21(11-9-14)25(23,24)16-6-7-17-15(12-16)4-3-5-18(22)20-17/h6-7,12,14,19H,2-5,8-11,13H2,1H3,(H,20,22). The van der Waals surface area contributed by atoms with Gasteiger partial charge in [0, 0.05) is 25.2 Å². The van der Waals surface area contributed by atoms with E-state index in [0.717, 1.165) is 50.0 Å². The van der Waals surface area contributed by atoms with Gasteiger partial charge in [-0.3, -0.25) is 4.79 Å². The molecule has 2 N–H and O–H groups in total. The van der Waals surface area contributed by atoms with Crippen LogP contribution in [0.5, 0.6) is 0 Å². The second kappa shape index (κ2) is 7.85. The lowest BCUT2D eigenvalue weighted by atomic mass is 9.98. The van der Waals surface area contributed by atoms with Gasteiger partial charge < -0.3 is 10.6 Å². The molecule has 0 aliphatic carbocycles. The minimum Gasteiger partial charge on any atom is -0.326 e. The van der Waals surface area contributed by atoms with Crippen molar-refractivity contribution in [2.45, 2.75) is 43.9 Å². The summed E-state index contributed by atoms with van der Waals surface area (Å²) in [6.07, 6.45) is 3.75. The van der Waals surface area contributed by atoms with E-state index in [1.54, 1.807) is 22.5 Å². The largest absolute Gasteiger partial charge is 0.326 e. The molecule has 1 amide bonds. The van der Waals surface area contributed by atoms with Crippen LogP contribution in [0.15, 0.2) is 23.1 Å². The monoisotopic (exact) mass is 365 g/mol. The van der Waals surface area contributed by atoms with Gasteiger partial charge in [0.1, 0.15) is 0 Å². The van der Waals surface area contributed by atoms with Crippen LogP contribution in [0.4, 0.5) is 5.69 Å². The number of rotatable bonds is 5. The van der Waals surface area contributed by atoms with Crippen LogP contribution in [0.3, 0.4) is 0 Å². The van der Waals surface area contributed by atoms with Crippen LogP contribution in [-0.2, 0) is 21.2 Å². The number of nitrogens with one attached hydrogen (secondary N) is 2. The topological polar surface area (TPSA) is 78.5 Å². The summed E-state index contributed by atoms with van der Waals surface area (Å²) in [4.78, 5) is 12.0. The second-order valence-corrected chi connectivity index (χ2v) is 8.81. The zero-order valence-corrected chi connectivity index (χ0v) is 15.6. The Bertz CT molecular complexity index is 725. The molecule has 0 radical (unpaired) electrons. The second-order valence-electron chi connectivity index (χ2n) is 6.88. The van der Waals surface area contributed by atoms with Crippen molar-refractivity contribution in [1.82, 2.24) is 9.62 Å². The molecule has 1 aromatic carbocycles. The van der Waals surface area contributed by atoms with E-state index in [0.29, 0.717) is 30.3 Å². The zero-order valence-electron chi connectivity index (χ0n) is 14.8. The van der Waals surface area contributed by atoms with Crippen molar-refractivity contribution in [2.24, 2.45) is 5.92 Å². The van der Waals surface area contributed by atoms with Crippen molar-refractivity contribution in [2.75, 3.05) is 31.5 Å². The summed E-state index contributed by atoms with van der Waals surface area (Å²) in [6, 6.07) is 5.08. The zero-order chi connectivity index (χ0) is 17.9. The van der Waals surface area contributed by atoms with E-state index < -0.39 is 10.0 Å². The lowest BCUT2D eigenvalue weighted by Gasteiger charge is -2.31. The first-order valence-electron chi connectivity index (χ1n) is 9.14. The van der Waals surface area contributed by atoms with E-state index >= 15 is 0 Å². The molecule has 1 fully saturated rings. The van der Waals surface area contributed by atoms with Crippen LogP contribution in [0.25, 0.3) is 0 Å². The number of sulfonamides is 1. The fraction of sp³-hybridized carbons (Fsp3) is 0.611. The van der Waals surface area contributed by atoms with E-state index in [1.807, 2.05) is 0 Å². The number of hydrogen-bond donors (Lipinski definition) is 2. The third-order valence-electron chi connectivity index (χ3n) is 5.10. The highest BCUT2D eigenvalue weighted by molar-refractivity contribution is 7.89. The molecule has 0 aromatic heterocycles. The number of hydrogen-bond acceptors (Lipinski definition) is 4. The van der Waals surface area contributed by atoms with E-state index in [4.69, 9.17) is 0 Å². The van der Waals surface area contributed by atoms with Gasteiger partial charge in [0.25, 0.3) is 0 Å². The van der Waals surface area contributed by atoms with Gasteiger partial charge in [0.2, 0.25) is 15.9 Å². The molecule has 0 bridgehead atoms. The van der Waals surface area contributed by atoms with Crippen molar-refractivity contribution in [3.63, 3.8) is 0 Å². The minimum absolute atomic E-state index is 0.00267. The van der Waals surface area contributed by atoms with E-state index in [-0.39, 0.29) is 5.91 Å². The summed E-state index contributed by atoms with van der Waals surface area (Å²) in [5, 5.41) is 6.20. The van der Waals surface area contributed by atoms with Gasteiger partial charge >= 0.3 is 0 Å². The molecule has 0 spiro atoms. The SMILES string of the molecule is CCNCC1CCN(S(=O)(=O)c2ccc3c(c2)CCCC(=O)N3)CC1. The lowest BCUT2D eigenvalue weighted by Crippen LogP contribution is -2.40. The molecule has 0 saturated carbocycles. The minimum atomic E-state index is -3.46. The molecule has 2 aliphatic heterocycles. The van der Waals surface area contributed by atoms with Crippen molar-refractivity contribution in [1.29, 1.82) is 0 Å². The number of piperidine rings is 1. The fourth-order valence-electron chi connectivity index (χ4n) is 3.56. The van der Waals surface area contributed by atoms with E-state index in [9.17, 15) is 13.2 Å². The number of anilines is 1. The Hall–Kier alpha value is -1.44. The molecular weight excluding hydrogens is 338 g/mol. The molecule has 3 rings (SSSR count). The Morgan fingerprint density at radius 3 is 2.72 bits per heavy atom. The van der Waals surface area contributed by atoms with Crippen molar-refractivity contribution in [3.8, 4) is 0 Å². The maximum Gasteiger partial charge on any atom is 0.243 e. The average Bonchev–Trinajstić information content (AvgIpc) is 2.80. The molecule has 2 heterocycles. The molecule has 138 valence electrons. The highest BCUT2D eigenvalue weighted by atomic mass is 32.2. The van der Waals surface area contributed by atoms with Crippen LogP contribution in [0.1, 0.15) is 38.2 Å². The number of aryl methyl sites for hydroxylation is 1. The molecule has 7 heteroatoms. The van der Waals surface area contributed by atoms with Gasteiger partial charge in [0.15, 0.2) is 0 Å². The summed E-state index contributed by atoms with van der Waals surface area (Å²) in [6.45, 7) is 5.14. The summed E-state index contributed by atoms with van der Waals surface area (Å²) < 4.78 is 27.5. The molecule has 0 unspecified atom stereocenters. The quantitative estimate of drug-likeness (QED) is 0.836. The number of carbonyl (C=O) groups excluding carboxylic acids is 1.